The van der Waals surface area contributed by atoms with Crippen molar-refractivity contribution in [3.8, 4) is 0 Å². The minimum absolute atomic E-state index is 0.147. The molecule has 0 saturated carbocycles. The third kappa shape index (κ3) is 2.20. The van der Waals surface area contributed by atoms with Crippen molar-refractivity contribution in [3.63, 3.8) is 0 Å². The Kier molecular flexibility index (Phi) is 3.96. The number of carbonyl (C=O) groups excluding carboxylic acids is 3. The van der Waals surface area contributed by atoms with Gasteiger partial charge in [0.05, 0.1) is 10.9 Å². The molecule has 0 unspecified atom stereocenters. The zero-order valence-electron chi connectivity index (χ0n) is 14.1. The molecule has 3 amide bonds. The summed E-state index contributed by atoms with van der Waals surface area (Å²) in [7, 11) is 0. The second-order valence-electron chi connectivity index (χ2n) is 6.23. The van der Waals surface area contributed by atoms with Crippen molar-refractivity contribution in [2.45, 2.75) is 24.0 Å². The number of thioether (sulfide) groups is 1. The van der Waals surface area contributed by atoms with E-state index in [1.807, 2.05) is 24.3 Å². The summed E-state index contributed by atoms with van der Waals surface area (Å²) in [5.74, 6) is -0.898. The Morgan fingerprint density at radius 2 is 1.77 bits per heavy atom. The molecule has 0 aliphatic carbocycles. The highest BCUT2D eigenvalue weighted by atomic mass is 79.9. The van der Waals surface area contributed by atoms with Crippen LogP contribution in [-0.4, -0.2) is 23.0 Å². The Bertz CT molecular complexity index is 946. The van der Waals surface area contributed by atoms with Gasteiger partial charge in [-0.15, -0.1) is 11.8 Å². The first-order valence-electron chi connectivity index (χ1n) is 8.10. The average Bonchev–Trinajstić information content (AvgIpc) is 3.02. The van der Waals surface area contributed by atoms with Crippen LogP contribution in [0.25, 0.3) is 0 Å². The van der Waals surface area contributed by atoms with Gasteiger partial charge in [0.2, 0.25) is 16.7 Å². The van der Waals surface area contributed by atoms with Crippen molar-refractivity contribution < 1.29 is 14.4 Å². The molecular formula is C19H15BrN2O3S. The summed E-state index contributed by atoms with van der Waals surface area (Å²) in [4.78, 5) is 40.1. The molecule has 0 N–H and O–H groups in total. The molecule has 4 rings (SSSR count). The van der Waals surface area contributed by atoms with Crippen LogP contribution in [0.1, 0.15) is 19.4 Å². The fourth-order valence-electron chi connectivity index (χ4n) is 3.57. The normalized spacial score (nSPS) is 24.5. The molecule has 132 valence electrons. The number of anilines is 2. The van der Waals surface area contributed by atoms with Gasteiger partial charge >= 0.3 is 0 Å². The first-order valence-corrected chi connectivity index (χ1v) is 9.77. The quantitative estimate of drug-likeness (QED) is 0.692. The molecule has 7 heteroatoms. The SMILES string of the molecule is CC(=O)N1C(=O)[C@]2(S[C@H](C)C(=O)N2c2ccc(Br)cc2)c2ccccc21. The van der Waals surface area contributed by atoms with Crippen molar-refractivity contribution in [1.29, 1.82) is 0 Å². The number of nitrogens with zero attached hydrogens (tertiary/aromatic N) is 2. The van der Waals surface area contributed by atoms with Gasteiger partial charge in [0.1, 0.15) is 0 Å². The first-order chi connectivity index (χ1) is 12.4. The third-order valence-electron chi connectivity index (χ3n) is 4.63. The summed E-state index contributed by atoms with van der Waals surface area (Å²) in [5.41, 5.74) is 1.84. The van der Waals surface area contributed by atoms with Gasteiger partial charge in [-0.25, -0.2) is 4.90 Å². The second kappa shape index (κ2) is 5.96. The van der Waals surface area contributed by atoms with E-state index < -0.39 is 16.0 Å². The van der Waals surface area contributed by atoms with Crippen LogP contribution in [-0.2, 0) is 19.3 Å². The molecule has 2 aliphatic heterocycles. The number of hydrogen-bond acceptors (Lipinski definition) is 4. The van der Waals surface area contributed by atoms with Crippen molar-refractivity contribution in [2.75, 3.05) is 9.80 Å². The Hall–Kier alpha value is -2.12. The van der Waals surface area contributed by atoms with Crippen LogP contribution in [0.4, 0.5) is 11.4 Å². The molecule has 2 aliphatic rings. The van der Waals surface area contributed by atoms with Gasteiger partial charge in [0.15, 0.2) is 0 Å². The van der Waals surface area contributed by atoms with Crippen molar-refractivity contribution >= 4 is 56.8 Å². The number of imide groups is 1. The topological polar surface area (TPSA) is 57.7 Å². The third-order valence-corrected chi connectivity index (χ3v) is 6.64. The van der Waals surface area contributed by atoms with Crippen molar-refractivity contribution in [2.24, 2.45) is 0 Å². The Balaban J connectivity index is 1.98. The minimum Gasteiger partial charge on any atom is -0.283 e. The molecule has 1 saturated heterocycles. The Morgan fingerprint density at radius 1 is 1.12 bits per heavy atom. The van der Waals surface area contributed by atoms with Crippen molar-refractivity contribution in [1.82, 2.24) is 0 Å². The smallest absolute Gasteiger partial charge is 0.275 e. The van der Waals surface area contributed by atoms with Crippen LogP contribution in [0, 0.1) is 0 Å². The van der Waals surface area contributed by atoms with E-state index in [1.165, 1.54) is 23.6 Å². The number of rotatable bonds is 1. The summed E-state index contributed by atoms with van der Waals surface area (Å²) in [6.07, 6.45) is 0. The van der Waals surface area contributed by atoms with E-state index in [-0.39, 0.29) is 11.8 Å². The lowest BCUT2D eigenvalue weighted by molar-refractivity contribution is -0.128. The molecule has 1 fully saturated rings. The largest absolute Gasteiger partial charge is 0.283 e. The summed E-state index contributed by atoms with van der Waals surface area (Å²) >= 11 is 4.68. The maximum absolute atomic E-state index is 13.5. The summed E-state index contributed by atoms with van der Waals surface area (Å²) in [6.45, 7) is 3.16. The lowest BCUT2D eigenvalue weighted by Gasteiger charge is -2.32. The molecule has 26 heavy (non-hydrogen) atoms. The number of benzene rings is 2. The average molecular weight is 431 g/mol. The molecule has 0 bridgehead atoms. The van der Waals surface area contributed by atoms with Crippen LogP contribution in [0.15, 0.2) is 53.0 Å². The fourth-order valence-corrected chi connectivity index (χ4v) is 5.34. The number of hydrogen-bond donors (Lipinski definition) is 0. The molecular weight excluding hydrogens is 416 g/mol. The number of halogens is 1. The zero-order valence-corrected chi connectivity index (χ0v) is 16.5. The molecule has 2 atom stereocenters. The van der Waals surface area contributed by atoms with Crippen LogP contribution in [0.2, 0.25) is 0 Å². The van der Waals surface area contributed by atoms with Gasteiger partial charge in [0, 0.05) is 22.6 Å². The lowest BCUT2D eigenvalue weighted by atomic mass is 10.0. The molecule has 0 aromatic heterocycles. The minimum atomic E-state index is -1.26. The van der Waals surface area contributed by atoms with E-state index >= 15 is 0 Å². The van der Waals surface area contributed by atoms with E-state index in [4.69, 9.17) is 0 Å². The van der Waals surface area contributed by atoms with Gasteiger partial charge < -0.3 is 0 Å². The fraction of sp³-hybridized carbons (Fsp3) is 0.211. The lowest BCUT2D eigenvalue weighted by Crippen LogP contribution is -2.50. The maximum Gasteiger partial charge on any atom is 0.275 e. The number of amides is 3. The van der Waals surface area contributed by atoms with Gasteiger partial charge in [0.25, 0.3) is 5.91 Å². The van der Waals surface area contributed by atoms with E-state index in [0.29, 0.717) is 16.9 Å². The van der Waals surface area contributed by atoms with Crippen LogP contribution in [0.3, 0.4) is 0 Å². The predicted octanol–water partition coefficient (Wildman–Crippen LogP) is 3.66. The Labute approximate surface area is 163 Å². The first kappa shape index (κ1) is 17.3. The standard InChI is InChI=1S/C19H15BrN2O3S/c1-11-17(24)22(14-9-7-13(20)8-10-14)19(26-11)15-5-3-4-6-16(15)21(12(2)23)18(19)25/h3-11H,1-2H3/t11-,19-/m1/s1. The summed E-state index contributed by atoms with van der Waals surface area (Å²) in [6, 6.07) is 14.4. The van der Waals surface area contributed by atoms with Gasteiger partial charge in [-0.05, 0) is 37.3 Å². The highest BCUT2D eigenvalue weighted by Crippen LogP contribution is 2.57. The van der Waals surface area contributed by atoms with E-state index in [0.717, 1.165) is 4.47 Å². The van der Waals surface area contributed by atoms with E-state index in [1.54, 1.807) is 36.1 Å². The molecule has 0 radical (unpaired) electrons. The van der Waals surface area contributed by atoms with Gasteiger partial charge in [-0.2, -0.15) is 0 Å². The zero-order chi connectivity index (χ0) is 18.6. The van der Waals surface area contributed by atoms with E-state index in [9.17, 15) is 14.4 Å². The summed E-state index contributed by atoms with van der Waals surface area (Å²) < 4.78 is 0.881. The monoisotopic (exact) mass is 430 g/mol. The van der Waals surface area contributed by atoms with Gasteiger partial charge in [-0.1, -0.05) is 34.1 Å². The maximum atomic E-state index is 13.5. The number of para-hydroxylation sites is 1. The van der Waals surface area contributed by atoms with Crippen LogP contribution >= 0.6 is 27.7 Å². The number of carbonyl (C=O) groups is 3. The Morgan fingerprint density at radius 3 is 2.42 bits per heavy atom. The highest BCUT2D eigenvalue weighted by Gasteiger charge is 2.63. The second-order valence-corrected chi connectivity index (χ2v) is 8.68. The summed E-state index contributed by atoms with van der Waals surface area (Å²) in [5, 5.41) is -0.400. The molecule has 2 aromatic carbocycles. The number of fused-ring (bicyclic) bond motifs is 2. The molecule has 2 aromatic rings. The van der Waals surface area contributed by atoms with Crippen LogP contribution < -0.4 is 9.80 Å². The van der Waals surface area contributed by atoms with Crippen molar-refractivity contribution in [3.05, 3.63) is 58.6 Å². The van der Waals surface area contributed by atoms with Crippen LogP contribution in [0.5, 0.6) is 0 Å². The van der Waals surface area contributed by atoms with E-state index in [2.05, 4.69) is 15.9 Å². The molecule has 5 nitrogen and oxygen atoms in total. The van der Waals surface area contributed by atoms with Gasteiger partial charge in [-0.3, -0.25) is 19.3 Å². The highest BCUT2D eigenvalue weighted by molar-refractivity contribution is 9.10. The molecule has 2 heterocycles. The predicted molar refractivity (Wildman–Crippen MR) is 105 cm³/mol. The molecule has 1 spiro atoms.